The number of likely N-dealkylation sites (N-methyl/N-ethyl adjacent to an activating group) is 1. The number of anilines is 1. The second-order valence-corrected chi connectivity index (χ2v) is 8.23. The van der Waals surface area contributed by atoms with E-state index in [1.165, 1.54) is 4.90 Å². The molecule has 0 radical (unpaired) electrons. The van der Waals surface area contributed by atoms with Crippen LogP contribution in [0.15, 0.2) is 54.6 Å². The van der Waals surface area contributed by atoms with Gasteiger partial charge in [0.2, 0.25) is 6.23 Å². The van der Waals surface area contributed by atoms with Crippen molar-refractivity contribution in [2.75, 3.05) is 38.1 Å². The lowest BCUT2D eigenvalue weighted by Crippen LogP contribution is -2.48. The SMILES string of the molecule is CN1CCN(C(=O)OC2c3ccccc3C(=O)N2c2ccc3ccc(Cl)cc3n2)CC1. The van der Waals surface area contributed by atoms with Crippen LogP contribution in [0, 0.1) is 0 Å². The Morgan fingerprint density at radius 3 is 2.61 bits per heavy atom. The molecule has 1 fully saturated rings. The number of benzene rings is 2. The Hall–Kier alpha value is -3.16. The Morgan fingerprint density at radius 2 is 1.81 bits per heavy atom. The van der Waals surface area contributed by atoms with E-state index in [0.29, 0.717) is 40.6 Å². The van der Waals surface area contributed by atoms with Crippen molar-refractivity contribution in [1.82, 2.24) is 14.8 Å². The predicted octanol–water partition coefficient (Wildman–Crippen LogP) is 3.93. The maximum absolute atomic E-state index is 13.3. The highest BCUT2D eigenvalue weighted by atomic mass is 35.5. The quantitative estimate of drug-likeness (QED) is 0.609. The van der Waals surface area contributed by atoms with Crippen LogP contribution in [0.25, 0.3) is 10.9 Å². The van der Waals surface area contributed by atoms with Crippen molar-refractivity contribution in [3.8, 4) is 0 Å². The standard InChI is InChI=1S/C23H21ClN4O3/c1-26-10-12-27(13-11-26)23(30)31-22-18-5-3-2-4-17(18)21(29)28(22)20-9-7-15-6-8-16(24)14-19(15)25-20/h2-9,14,22H,10-13H2,1H3. The maximum atomic E-state index is 13.3. The zero-order valence-corrected chi connectivity index (χ0v) is 17.7. The summed E-state index contributed by atoms with van der Waals surface area (Å²) < 4.78 is 5.89. The zero-order chi connectivity index (χ0) is 21.5. The highest BCUT2D eigenvalue weighted by Crippen LogP contribution is 2.38. The molecule has 1 saturated heterocycles. The molecule has 1 aromatic heterocycles. The number of fused-ring (bicyclic) bond motifs is 2. The minimum atomic E-state index is -0.875. The molecule has 8 heteroatoms. The Balaban J connectivity index is 1.51. The second-order valence-electron chi connectivity index (χ2n) is 7.80. The molecule has 31 heavy (non-hydrogen) atoms. The van der Waals surface area contributed by atoms with E-state index in [1.54, 1.807) is 35.2 Å². The number of nitrogens with zero attached hydrogens (tertiary/aromatic N) is 4. The van der Waals surface area contributed by atoms with E-state index in [9.17, 15) is 9.59 Å². The number of carbonyl (C=O) groups excluding carboxylic acids is 2. The number of pyridine rings is 1. The summed E-state index contributed by atoms with van der Waals surface area (Å²) in [6, 6.07) is 16.2. The molecular formula is C23H21ClN4O3. The average Bonchev–Trinajstić information content (AvgIpc) is 3.05. The molecule has 0 bridgehead atoms. The molecule has 0 spiro atoms. The van der Waals surface area contributed by atoms with Gasteiger partial charge in [-0.2, -0.15) is 0 Å². The molecule has 3 heterocycles. The first-order valence-electron chi connectivity index (χ1n) is 10.1. The highest BCUT2D eigenvalue weighted by Gasteiger charge is 2.41. The summed E-state index contributed by atoms with van der Waals surface area (Å²) in [4.78, 5) is 36.1. The van der Waals surface area contributed by atoms with Crippen LogP contribution in [0.4, 0.5) is 10.6 Å². The van der Waals surface area contributed by atoms with E-state index in [0.717, 1.165) is 18.5 Å². The minimum Gasteiger partial charge on any atom is -0.420 e. The van der Waals surface area contributed by atoms with Crippen molar-refractivity contribution in [2.45, 2.75) is 6.23 Å². The average molecular weight is 437 g/mol. The molecule has 0 aliphatic carbocycles. The van der Waals surface area contributed by atoms with Gasteiger partial charge in [0.25, 0.3) is 5.91 Å². The van der Waals surface area contributed by atoms with Crippen LogP contribution in [0.1, 0.15) is 22.1 Å². The number of carbonyl (C=O) groups is 2. The van der Waals surface area contributed by atoms with Crippen LogP contribution < -0.4 is 4.90 Å². The fourth-order valence-electron chi connectivity index (χ4n) is 4.00. The van der Waals surface area contributed by atoms with E-state index in [2.05, 4.69) is 9.88 Å². The van der Waals surface area contributed by atoms with E-state index >= 15 is 0 Å². The summed E-state index contributed by atoms with van der Waals surface area (Å²) in [7, 11) is 2.02. The topological polar surface area (TPSA) is 66.0 Å². The van der Waals surface area contributed by atoms with Crippen molar-refractivity contribution in [2.24, 2.45) is 0 Å². The molecule has 7 nitrogen and oxygen atoms in total. The fraction of sp³-hybridized carbons (Fsp3) is 0.261. The number of aromatic nitrogens is 1. The van der Waals surface area contributed by atoms with E-state index < -0.39 is 12.3 Å². The Labute approximate surface area is 184 Å². The fourth-order valence-corrected chi connectivity index (χ4v) is 4.16. The first kappa shape index (κ1) is 19.8. The van der Waals surface area contributed by atoms with Gasteiger partial charge in [0, 0.05) is 47.7 Å². The predicted molar refractivity (Wildman–Crippen MR) is 118 cm³/mol. The smallest absolute Gasteiger partial charge is 0.412 e. The van der Waals surface area contributed by atoms with Crippen molar-refractivity contribution in [3.63, 3.8) is 0 Å². The van der Waals surface area contributed by atoms with Crippen molar-refractivity contribution in [3.05, 3.63) is 70.7 Å². The van der Waals surface area contributed by atoms with Crippen molar-refractivity contribution in [1.29, 1.82) is 0 Å². The third-order valence-electron chi connectivity index (χ3n) is 5.77. The lowest BCUT2D eigenvalue weighted by atomic mass is 10.1. The normalized spacial score (nSPS) is 19.0. The lowest BCUT2D eigenvalue weighted by Gasteiger charge is -2.33. The van der Waals surface area contributed by atoms with Gasteiger partial charge < -0.3 is 14.5 Å². The van der Waals surface area contributed by atoms with Crippen molar-refractivity contribution >= 4 is 40.3 Å². The van der Waals surface area contributed by atoms with Crippen LogP contribution >= 0.6 is 11.6 Å². The number of hydrogen-bond acceptors (Lipinski definition) is 5. The van der Waals surface area contributed by atoms with Gasteiger partial charge >= 0.3 is 6.09 Å². The second kappa shape index (κ2) is 7.83. The molecule has 2 amide bonds. The number of piperazine rings is 1. The molecule has 158 valence electrons. The molecule has 3 aromatic rings. The Morgan fingerprint density at radius 1 is 1.06 bits per heavy atom. The minimum absolute atomic E-state index is 0.249. The van der Waals surface area contributed by atoms with Gasteiger partial charge in [0.1, 0.15) is 5.82 Å². The number of ether oxygens (including phenoxy) is 1. The largest absolute Gasteiger partial charge is 0.420 e. The van der Waals surface area contributed by atoms with E-state index in [4.69, 9.17) is 16.3 Å². The zero-order valence-electron chi connectivity index (χ0n) is 17.0. The number of rotatable bonds is 2. The molecule has 0 saturated carbocycles. The lowest BCUT2D eigenvalue weighted by molar-refractivity contribution is 0.0489. The van der Waals surface area contributed by atoms with Crippen LogP contribution in [-0.4, -0.2) is 60.0 Å². The molecule has 5 rings (SSSR count). The molecule has 2 aromatic carbocycles. The van der Waals surface area contributed by atoms with Crippen LogP contribution in [-0.2, 0) is 4.74 Å². The molecular weight excluding hydrogens is 416 g/mol. The Bertz CT molecular complexity index is 1180. The summed E-state index contributed by atoms with van der Waals surface area (Å²) in [5.41, 5.74) is 1.83. The van der Waals surface area contributed by atoms with Gasteiger partial charge in [-0.05, 0) is 37.4 Å². The van der Waals surface area contributed by atoms with Crippen LogP contribution in [0.3, 0.4) is 0 Å². The number of hydrogen-bond donors (Lipinski definition) is 0. The van der Waals surface area contributed by atoms with Gasteiger partial charge in [0.15, 0.2) is 0 Å². The van der Waals surface area contributed by atoms with Crippen LogP contribution in [0.2, 0.25) is 5.02 Å². The summed E-state index contributed by atoms with van der Waals surface area (Å²) >= 11 is 6.13. The maximum Gasteiger partial charge on any atom is 0.412 e. The highest BCUT2D eigenvalue weighted by molar-refractivity contribution is 6.31. The molecule has 1 atom stereocenters. The molecule has 2 aliphatic heterocycles. The summed E-state index contributed by atoms with van der Waals surface area (Å²) in [5.74, 6) is 0.160. The van der Waals surface area contributed by atoms with Gasteiger partial charge in [0.05, 0.1) is 5.52 Å². The summed E-state index contributed by atoms with van der Waals surface area (Å²) in [6.07, 6.45) is -1.31. The third kappa shape index (κ3) is 3.60. The van der Waals surface area contributed by atoms with E-state index in [-0.39, 0.29) is 5.91 Å². The first-order valence-corrected chi connectivity index (χ1v) is 10.5. The van der Waals surface area contributed by atoms with Gasteiger partial charge in [-0.25, -0.2) is 9.78 Å². The summed E-state index contributed by atoms with van der Waals surface area (Å²) in [6.45, 7) is 2.74. The molecule has 2 aliphatic rings. The van der Waals surface area contributed by atoms with Crippen LogP contribution in [0.5, 0.6) is 0 Å². The van der Waals surface area contributed by atoms with Gasteiger partial charge in [-0.3, -0.25) is 9.69 Å². The first-order chi connectivity index (χ1) is 15.0. The third-order valence-corrected chi connectivity index (χ3v) is 6.01. The number of halogens is 1. The van der Waals surface area contributed by atoms with E-state index in [1.807, 2.05) is 31.3 Å². The Kier molecular flexibility index (Phi) is 5.00. The molecule has 1 unspecified atom stereocenters. The summed E-state index contributed by atoms with van der Waals surface area (Å²) in [5, 5.41) is 1.47. The van der Waals surface area contributed by atoms with Crippen molar-refractivity contribution < 1.29 is 14.3 Å². The monoisotopic (exact) mass is 436 g/mol. The van der Waals surface area contributed by atoms with Gasteiger partial charge in [-0.15, -0.1) is 0 Å². The van der Waals surface area contributed by atoms with Gasteiger partial charge in [-0.1, -0.05) is 35.9 Å². The molecule has 0 N–H and O–H groups in total. The number of amides is 2.